The van der Waals surface area contributed by atoms with Crippen molar-refractivity contribution in [2.45, 2.75) is 38.8 Å². The summed E-state index contributed by atoms with van der Waals surface area (Å²) in [6, 6.07) is 3.40. The van der Waals surface area contributed by atoms with E-state index in [-0.39, 0.29) is 11.0 Å². The number of carbonyl (C=O) groups excluding carboxylic acids is 1. The van der Waals surface area contributed by atoms with Crippen LogP contribution in [0.2, 0.25) is 0 Å². The second-order valence-corrected chi connectivity index (χ2v) is 5.70. The summed E-state index contributed by atoms with van der Waals surface area (Å²) in [5.74, 6) is -0.541. The SMILES string of the molecule is CCCC1(CNC(=O)c2cccc(C(F)(F)F)c2N)CC1. The summed E-state index contributed by atoms with van der Waals surface area (Å²) in [6.45, 7) is 2.57. The largest absolute Gasteiger partial charge is 0.418 e. The fourth-order valence-electron chi connectivity index (χ4n) is 2.60. The molecule has 0 aromatic heterocycles. The van der Waals surface area contributed by atoms with Crippen molar-refractivity contribution in [1.29, 1.82) is 0 Å². The molecule has 116 valence electrons. The van der Waals surface area contributed by atoms with Gasteiger partial charge in [-0.05, 0) is 36.8 Å². The Morgan fingerprint density at radius 2 is 2.05 bits per heavy atom. The Labute approximate surface area is 121 Å². The maximum absolute atomic E-state index is 12.8. The van der Waals surface area contributed by atoms with Crippen molar-refractivity contribution in [3.05, 3.63) is 29.3 Å². The summed E-state index contributed by atoms with van der Waals surface area (Å²) in [5.41, 5.74) is 4.05. The van der Waals surface area contributed by atoms with E-state index in [9.17, 15) is 18.0 Å². The zero-order valence-electron chi connectivity index (χ0n) is 11.9. The lowest BCUT2D eigenvalue weighted by Gasteiger charge is -2.17. The molecule has 3 nitrogen and oxygen atoms in total. The van der Waals surface area contributed by atoms with Crippen molar-refractivity contribution in [2.75, 3.05) is 12.3 Å². The topological polar surface area (TPSA) is 55.1 Å². The van der Waals surface area contributed by atoms with E-state index in [1.54, 1.807) is 0 Å². The first kappa shape index (κ1) is 15.7. The van der Waals surface area contributed by atoms with Gasteiger partial charge in [0.15, 0.2) is 0 Å². The Morgan fingerprint density at radius 3 is 2.57 bits per heavy atom. The van der Waals surface area contributed by atoms with E-state index in [0.29, 0.717) is 6.54 Å². The maximum atomic E-state index is 12.8. The third kappa shape index (κ3) is 3.49. The third-order valence-electron chi connectivity index (χ3n) is 4.02. The molecular formula is C15H19F3N2O. The van der Waals surface area contributed by atoms with E-state index in [0.717, 1.165) is 31.7 Å². The summed E-state index contributed by atoms with van der Waals surface area (Å²) >= 11 is 0. The predicted octanol–water partition coefficient (Wildman–Crippen LogP) is 3.60. The second kappa shape index (κ2) is 5.58. The normalized spacial score (nSPS) is 16.6. The maximum Gasteiger partial charge on any atom is 0.418 e. The Balaban J connectivity index is 2.10. The van der Waals surface area contributed by atoms with Crippen LogP contribution in [0.25, 0.3) is 0 Å². The molecule has 1 fully saturated rings. The number of halogens is 3. The summed E-state index contributed by atoms with van der Waals surface area (Å²) in [6.07, 6.45) is -0.397. The van der Waals surface area contributed by atoms with Crippen molar-refractivity contribution in [3.8, 4) is 0 Å². The monoisotopic (exact) mass is 300 g/mol. The number of hydrogen-bond donors (Lipinski definition) is 2. The first-order valence-corrected chi connectivity index (χ1v) is 7.03. The van der Waals surface area contributed by atoms with Gasteiger partial charge in [0.2, 0.25) is 0 Å². The van der Waals surface area contributed by atoms with Gasteiger partial charge in [-0.1, -0.05) is 19.4 Å². The molecule has 0 aliphatic heterocycles. The number of anilines is 1. The van der Waals surface area contributed by atoms with E-state index in [1.165, 1.54) is 12.1 Å². The van der Waals surface area contributed by atoms with E-state index in [2.05, 4.69) is 12.2 Å². The van der Waals surface area contributed by atoms with Crippen molar-refractivity contribution >= 4 is 11.6 Å². The molecule has 0 radical (unpaired) electrons. The third-order valence-corrected chi connectivity index (χ3v) is 4.02. The van der Waals surface area contributed by atoms with Crippen LogP contribution in [0.5, 0.6) is 0 Å². The summed E-state index contributed by atoms with van der Waals surface area (Å²) in [7, 11) is 0. The van der Waals surface area contributed by atoms with E-state index >= 15 is 0 Å². The average molecular weight is 300 g/mol. The van der Waals surface area contributed by atoms with E-state index < -0.39 is 23.3 Å². The quantitative estimate of drug-likeness (QED) is 0.816. The predicted molar refractivity (Wildman–Crippen MR) is 74.8 cm³/mol. The highest BCUT2D eigenvalue weighted by atomic mass is 19.4. The molecule has 3 N–H and O–H groups in total. The van der Waals surface area contributed by atoms with Gasteiger partial charge in [-0.2, -0.15) is 13.2 Å². The van der Waals surface area contributed by atoms with Gasteiger partial charge >= 0.3 is 6.18 Å². The van der Waals surface area contributed by atoms with Crippen LogP contribution in [0.4, 0.5) is 18.9 Å². The van der Waals surface area contributed by atoms with Gasteiger partial charge in [0.05, 0.1) is 16.8 Å². The lowest BCUT2D eigenvalue weighted by molar-refractivity contribution is -0.136. The van der Waals surface area contributed by atoms with Gasteiger partial charge in [0.25, 0.3) is 5.91 Å². The zero-order valence-corrected chi connectivity index (χ0v) is 11.9. The standard InChI is InChI=1S/C15H19F3N2O/c1-2-6-14(7-8-14)9-20-13(21)10-4-3-5-11(12(10)19)15(16,17)18/h3-5H,2,6-9,19H2,1H3,(H,20,21). The average Bonchev–Trinajstić information content (AvgIpc) is 3.16. The lowest BCUT2D eigenvalue weighted by atomic mass is 10.0. The Hall–Kier alpha value is -1.72. The molecule has 1 aromatic rings. The van der Waals surface area contributed by atoms with Gasteiger partial charge in [-0.25, -0.2) is 0 Å². The van der Waals surface area contributed by atoms with Gasteiger partial charge in [-0.15, -0.1) is 0 Å². The van der Waals surface area contributed by atoms with Crippen LogP contribution in [0.1, 0.15) is 48.5 Å². The van der Waals surface area contributed by atoms with E-state index in [4.69, 9.17) is 5.73 Å². The number of nitrogens with two attached hydrogens (primary N) is 1. The highest BCUT2D eigenvalue weighted by Crippen LogP contribution is 2.49. The second-order valence-electron chi connectivity index (χ2n) is 5.70. The first-order chi connectivity index (χ1) is 9.79. The molecule has 0 bridgehead atoms. The number of nitrogen functional groups attached to an aromatic ring is 1. The number of hydrogen-bond acceptors (Lipinski definition) is 2. The van der Waals surface area contributed by atoms with Crippen LogP contribution in [-0.2, 0) is 6.18 Å². The molecule has 6 heteroatoms. The lowest BCUT2D eigenvalue weighted by Crippen LogP contribution is -2.31. The van der Waals surface area contributed by atoms with Crippen LogP contribution < -0.4 is 11.1 Å². The van der Waals surface area contributed by atoms with Crippen molar-refractivity contribution in [3.63, 3.8) is 0 Å². The molecule has 0 saturated heterocycles. The number of carbonyl (C=O) groups is 1. The highest BCUT2D eigenvalue weighted by Gasteiger charge is 2.41. The zero-order chi connectivity index (χ0) is 15.7. The molecular weight excluding hydrogens is 281 g/mol. The molecule has 0 spiro atoms. The molecule has 1 saturated carbocycles. The molecule has 0 heterocycles. The van der Waals surface area contributed by atoms with E-state index in [1.807, 2.05) is 0 Å². The minimum atomic E-state index is -4.56. The minimum Gasteiger partial charge on any atom is -0.398 e. The number of benzene rings is 1. The van der Waals surface area contributed by atoms with Crippen molar-refractivity contribution < 1.29 is 18.0 Å². The van der Waals surface area contributed by atoms with Crippen molar-refractivity contribution in [1.82, 2.24) is 5.32 Å². The Kier molecular flexibility index (Phi) is 4.16. The van der Waals surface area contributed by atoms with Crippen LogP contribution in [0.15, 0.2) is 18.2 Å². The smallest absolute Gasteiger partial charge is 0.398 e. The molecule has 0 atom stereocenters. The van der Waals surface area contributed by atoms with Gasteiger partial charge in [0, 0.05) is 6.54 Å². The van der Waals surface area contributed by atoms with Crippen LogP contribution >= 0.6 is 0 Å². The molecule has 1 aromatic carbocycles. The van der Waals surface area contributed by atoms with Gasteiger partial charge in [-0.3, -0.25) is 4.79 Å². The molecule has 21 heavy (non-hydrogen) atoms. The van der Waals surface area contributed by atoms with Gasteiger partial charge in [0.1, 0.15) is 0 Å². The molecule has 1 aliphatic carbocycles. The van der Waals surface area contributed by atoms with Crippen LogP contribution in [0.3, 0.4) is 0 Å². The fourth-order valence-corrected chi connectivity index (χ4v) is 2.60. The molecule has 1 amide bonds. The molecule has 1 aliphatic rings. The minimum absolute atomic E-state index is 0.114. The summed E-state index contributed by atoms with van der Waals surface area (Å²) < 4.78 is 38.3. The number of amides is 1. The highest BCUT2D eigenvalue weighted by molar-refractivity contribution is 5.99. The number of alkyl halides is 3. The van der Waals surface area contributed by atoms with Crippen LogP contribution in [0, 0.1) is 5.41 Å². The molecule has 2 rings (SSSR count). The fraction of sp³-hybridized carbons (Fsp3) is 0.533. The van der Waals surface area contributed by atoms with Gasteiger partial charge < -0.3 is 11.1 Å². The molecule has 0 unspecified atom stereocenters. The van der Waals surface area contributed by atoms with Crippen molar-refractivity contribution in [2.24, 2.45) is 5.41 Å². The summed E-state index contributed by atoms with van der Waals surface area (Å²) in [5, 5.41) is 2.72. The summed E-state index contributed by atoms with van der Waals surface area (Å²) in [4.78, 5) is 12.1. The number of nitrogens with one attached hydrogen (secondary N) is 1. The first-order valence-electron chi connectivity index (χ1n) is 7.03. The Bertz CT molecular complexity index is 536. The van der Waals surface area contributed by atoms with Crippen LogP contribution in [-0.4, -0.2) is 12.5 Å². The number of rotatable bonds is 5. The Morgan fingerprint density at radius 1 is 1.38 bits per heavy atom. The number of para-hydroxylation sites is 1.